The zero-order chi connectivity index (χ0) is 71.7. The molecule has 0 spiro atoms. The highest BCUT2D eigenvalue weighted by molar-refractivity contribution is 5.79. The first kappa shape index (κ1) is 76.7. The average molecular weight is 1410 g/mol. The van der Waals surface area contributed by atoms with Crippen molar-refractivity contribution >= 4 is 11.9 Å². The van der Waals surface area contributed by atoms with Crippen molar-refractivity contribution in [3.05, 3.63) is 11.6 Å². The summed E-state index contributed by atoms with van der Waals surface area (Å²) in [5.41, 5.74) is -2.99. The monoisotopic (exact) mass is 1410 g/mol. The number of ether oxygens (including phenoxy) is 12. The van der Waals surface area contributed by atoms with Gasteiger partial charge in [0.05, 0.1) is 49.7 Å². The highest BCUT2D eigenvalue weighted by atomic mass is 16.8. The van der Waals surface area contributed by atoms with Crippen LogP contribution in [0.25, 0.3) is 0 Å². The maximum Gasteiger partial charge on any atom is 0.335 e. The molecule has 32 heteroatoms. The van der Waals surface area contributed by atoms with E-state index in [-0.39, 0.29) is 23.7 Å². The molecule has 0 aromatic rings. The fourth-order valence-electron chi connectivity index (χ4n) is 19.3. The van der Waals surface area contributed by atoms with Crippen molar-refractivity contribution in [2.24, 2.45) is 50.2 Å². The lowest BCUT2D eigenvalue weighted by molar-refractivity contribution is -0.396. The predicted molar refractivity (Wildman–Crippen MR) is 326 cm³/mol. The maximum atomic E-state index is 15.6. The molecule has 10 fully saturated rings. The molecule has 11 aliphatic rings. The van der Waals surface area contributed by atoms with Crippen LogP contribution in [0.3, 0.4) is 0 Å². The van der Waals surface area contributed by atoms with E-state index in [0.717, 1.165) is 5.57 Å². The number of aliphatic carboxylic acids is 1. The van der Waals surface area contributed by atoms with Crippen LogP contribution >= 0.6 is 0 Å². The number of hydrogen-bond donors (Lipinski definition) is 18. The van der Waals surface area contributed by atoms with Crippen LogP contribution in [-0.4, -0.2) is 314 Å². The van der Waals surface area contributed by atoms with Crippen molar-refractivity contribution in [1.82, 2.24) is 0 Å². The van der Waals surface area contributed by atoms with Gasteiger partial charge in [0.2, 0.25) is 6.29 Å². The van der Waals surface area contributed by atoms with Gasteiger partial charge in [-0.1, -0.05) is 53.2 Å². The number of aliphatic hydroxyl groups excluding tert-OH is 17. The summed E-state index contributed by atoms with van der Waals surface area (Å²) in [7, 11) is 0. The van der Waals surface area contributed by atoms with Crippen molar-refractivity contribution in [3.8, 4) is 0 Å². The average Bonchev–Trinajstić information content (AvgIpc) is 0.675. The van der Waals surface area contributed by atoms with E-state index < -0.39 is 255 Å². The van der Waals surface area contributed by atoms with E-state index in [0.29, 0.717) is 57.8 Å². The Hall–Kier alpha value is -2.44. The normalized spacial score (nSPS) is 55.0. The van der Waals surface area contributed by atoms with Gasteiger partial charge < -0.3 is 149 Å². The van der Waals surface area contributed by atoms with Gasteiger partial charge in [-0.3, -0.25) is 4.79 Å². The van der Waals surface area contributed by atoms with Gasteiger partial charge in [0.15, 0.2) is 43.7 Å². The summed E-state index contributed by atoms with van der Waals surface area (Å²) >= 11 is 0. The minimum absolute atomic E-state index is 0.0449. The van der Waals surface area contributed by atoms with Crippen LogP contribution in [0, 0.1) is 50.2 Å². The number of carboxylic acids is 1. The van der Waals surface area contributed by atoms with Crippen molar-refractivity contribution in [2.75, 3.05) is 19.8 Å². The lowest BCUT2D eigenvalue weighted by Crippen LogP contribution is -2.68. The van der Waals surface area contributed by atoms with Crippen LogP contribution in [-0.2, 0) is 66.4 Å². The number of fused-ring (bicyclic) bond motifs is 7. The summed E-state index contributed by atoms with van der Waals surface area (Å²) in [6.45, 7) is 15.0. The first-order valence-corrected chi connectivity index (χ1v) is 34.6. The molecule has 0 aromatic heterocycles. The quantitative estimate of drug-likeness (QED) is 0.0395. The van der Waals surface area contributed by atoms with Crippen LogP contribution in [0.15, 0.2) is 11.6 Å². The summed E-state index contributed by atoms with van der Waals surface area (Å²) in [5.74, 6) is -3.09. The van der Waals surface area contributed by atoms with Gasteiger partial charge in [-0.2, -0.15) is 0 Å². The fourth-order valence-corrected chi connectivity index (χ4v) is 19.3. The number of carbonyl (C=O) groups is 2. The Labute approximate surface area is 567 Å². The molecule has 6 saturated heterocycles. The van der Waals surface area contributed by atoms with Gasteiger partial charge >= 0.3 is 11.9 Å². The van der Waals surface area contributed by atoms with Crippen LogP contribution in [0.5, 0.6) is 0 Å². The van der Waals surface area contributed by atoms with Gasteiger partial charge in [0.1, 0.15) is 116 Å². The van der Waals surface area contributed by atoms with Crippen LogP contribution < -0.4 is 0 Å². The van der Waals surface area contributed by atoms with E-state index in [1.54, 1.807) is 0 Å². The van der Waals surface area contributed by atoms with Gasteiger partial charge in [-0.25, -0.2) is 4.79 Å². The van der Waals surface area contributed by atoms with Crippen LogP contribution in [0.2, 0.25) is 0 Å². The number of carbonyl (C=O) groups excluding carboxylic acids is 1. The zero-order valence-electron chi connectivity index (χ0n) is 56.7. The van der Waals surface area contributed by atoms with E-state index in [4.69, 9.17) is 56.8 Å². The third-order valence-electron chi connectivity index (χ3n) is 25.6. The van der Waals surface area contributed by atoms with Gasteiger partial charge in [0.25, 0.3) is 0 Å². The van der Waals surface area contributed by atoms with Crippen LogP contribution in [0.1, 0.15) is 127 Å². The Morgan fingerprint density at radius 3 is 1.48 bits per heavy atom. The molecule has 98 heavy (non-hydrogen) atoms. The number of rotatable bonds is 16. The zero-order valence-corrected chi connectivity index (χ0v) is 56.7. The molecule has 0 bridgehead atoms. The second-order valence-electron chi connectivity index (χ2n) is 31.7. The molecule has 11 rings (SSSR count). The Morgan fingerprint density at radius 1 is 0.469 bits per heavy atom. The van der Waals surface area contributed by atoms with Crippen molar-refractivity contribution in [3.63, 3.8) is 0 Å². The lowest BCUT2D eigenvalue weighted by atomic mass is 9.33. The topological polar surface area (TPSA) is 509 Å². The Balaban J connectivity index is 0.831. The Morgan fingerprint density at radius 2 is 0.939 bits per heavy atom. The second kappa shape index (κ2) is 28.5. The van der Waals surface area contributed by atoms with E-state index in [9.17, 15) is 96.7 Å². The molecule has 4 saturated carbocycles. The summed E-state index contributed by atoms with van der Waals surface area (Å²) in [6, 6.07) is 0. The SMILES string of the molecule is CC1OC(OC2C(C)OC(OC3C(OC(=O)C45CCC(C)(C)CC4C4=CCC6C7(C)CCC(OC8OC(C(=O)O)C(O)C(O)C8OC8OC(CO)C(O)C(O)C8OC8OC(C)C(O)C(O)C8O)C(C)(CO)C7CCC6(C)C4(C)CC5)OC(CO)C(O)C3O)C(O)C2O)C(O)C(O)C1O. The Bertz CT molecular complexity index is 2820. The van der Waals surface area contributed by atoms with Crippen molar-refractivity contribution < 1.29 is 158 Å². The molecule has 5 aliphatic carbocycles. The molecule has 39 atom stereocenters. The molecule has 6 heterocycles. The minimum Gasteiger partial charge on any atom is -0.479 e. The smallest absolute Gasteiger partial charge is 0.335 e. The number of carboxylic acid groups (broad SMARTS) is 1. The van der Waals surface area contributed by atoms with E-state index >= 15 is 4.79 Å². The summed E-state index contributed by atoms with van der Waals surface area (Å²) in [6.07, 6.45) is -45.8. The lowest BCUT2D eigenvalue weighted by Gasteiger charge is -2.71. The molecule has 0 radical (unpaired) electrons. The third kappa shape index (κ3) is 12.9. The van der Waals surface area contributed by atoms with Gasteiger partial charge in [-0.05, 0) is 124 Å². The van der Waals surface area contributed by atoms with Gasteiger partial charge in [0, 0.05) is 5.41 Å². The fraction of sp³-hybridized carbons (Fsp3) is 0.939. The largest absolute Gasteiger partial charge is 0.479 e. The second-order valence-corrected chi connectivity index (χ2v) is 31.7. The van der Waals surface area contributed by atoms with E-state index in [1.807, 2.05) is 6.92 Å². The number of allylic oxidation sites excluding steroid dienone is 2. The molecule has 18 N–H and O–H groups in total. The summed E-state index contributed by atoms with van der Waals surface area (Å²) in [5, 5.41) is 197. The Kier molecular flexibility index (Phi) is 22.3. The first-order valence-electron chi connectivity index (χ1n) is 34.6. The molecule has 0 amide bonds. The first-order chi connectivity index (χ1) is 45.9. The number of esters is 1. The minimum atomic E-state index is -2.17. The molecule has 32 nitrogen and oxygen atoms in total. The highest BCUT2D eigenvalue weighted by Gasteiger charge is 2.71. The molecule has 39 unspecified atom stereocenters. The van der Waals surface area contributed by atoms with Crippen molar-refractivity contribution in [1.29, 1.82) is 0 Å². The van der Waals surface area contributed by atoms with E-state index in [2.05, 4.69) is 40.7 Å². The highest BCUT2D eigenvalue weighted by Crippen LogP contribution is 2.76. The molecule has 562 valence electrons. The third-order valence-corrected chi connectivity index (χ3v) is 25.6. The maximum absolute atomic E-state index is 15.6. The number of aliphatic hydroxyl groups is 17. The van der Waals surface area contributed by atoms with E-state index in [1.165, 1.54) is 20.8 Å². The molecule has 0 aromatic carbocycles. The summed E-state index contributed by atoms with van der Waals surface area (Å²) in [4.78, 5) is 28.3. The van der Waals surface area contributed by atoms with Crippen LogP contribution in [0.4, 0.5) is 0 Å². The van der Waals surface area contributed by atoms with Gasteiger partial charge in [-0.15, -0.1) is 0 Å². The molecule has 6 aliphatic heterocycles. The standard InChI is InChI=1S/C66H106O32/c1-24-34(70)38(74)45(81)54(87-24)93-48-26(3)89-56(47(83)44(48)80)96-51-41(77)37(73)30(22-68)91-58(51)98-60(86)66-18-16-61(4,5)20-28(66)27-10-11-32-62(6)14-13-33(63(7,23-69)31(62)12-15-65(32,9)64(27,8)17-19-66)92-59-52(43(79)42(78)49(94-59)53(84)85)97-57-50(40(76)36(72)29(21-67)90-57)95-55-46(82)39(75)35(71)25(2)88-55/h10,24-26,28-52,54-59,67-83H,11-23H2,1-9H3,(H,84,85). The molecular weight excluding hydrogens is 1300 g/mol. The summed E-state index contributed by atoms with van der Waals surface area (Å²) < 4.78 is 72.4. The predicted octanol–water partition coefficient (Wildman–Crippen LogP) is -4.24. The number of hydrogen-bond acceptors (Lipinski definition) is 31. The van der Waals surface area contributed by atoms with Crippen molar-refractivity contribution in [2.45, 2.75) is 317 Å². The molecular formula is C66H106O32.